The van der Waals surface area contributed by atoms with E-state index in [1.54, 1.807) is 41.3 Å². The minimum atomic E-state index is -0.506. The van der Waals surface area contributed by atoms with Gasteiger partial charge in [0.25, 0.3) is 5.91 Å². The fourth-order valence-electron chi connectivity index (χ4n) is 3.69. The van der Waals surface area contributed by atoms with Crippen molar-refractivity contribution in [1.29, 1.82) is 0 Å². The monoisotopic (exact) mass is 407 g/mol. The smallest absolute Gasteiger partial charge is 0.289 e. The molecular formula is C24H19ClFNO2. The summed E-state index contributed by atoms with van der Waals surface area (Å²) in [6.45, 7) is 0.423. The lowest BCUT2D eigenvalue weighted by Crippen LogP contribution is -2.32. The summed E-state index contributed by atoms with van der Waals surface area (Å²) in [6, 6.07) is 22.4. The predicted molar refractivity (Wildman–Crippen MR) is 112 cm³/mol. The molecule has 3 aromatic rings. The first kappa shape index (κ1) is 19.2. The first-order chi connectivity index (χ1) is 14.0. The normalized spacial score (nSPS) is 16.6. The lowest BCUT2D eigenvalue weighted by Gasteiger charge is -2.27. The topological polar surface area (TPSA) is 40.5 Å². The molecule has 5 heteroatoms. The SMILES string of the molecule is O=C1C(O)=C(c2ccc(Cl)cc2)[C@@H](c2ccc(F)cc2)N1CCc1ccccc1. The highest BCUT2D eigenvalue weighted by atomic mass is 35.5. The Hall–Kier alpha value is -3.11. The van der Waals surface area contributed by atoms with Crippen LogP contribution in [0.2, 0.25) is 5.02 Å². The van der Waals surface area contributed by atoms with Gasteiger partial charge in [0.2, 0.25) is 0 Å². The van der Waals surface area contributed by atoms with E-state index in [4.69, 9.17) is 11.6 Å². The van der Waals surface area contributed by atoms with E-state index >= 15 is 0 Å². The number of halogens is 2. The number of aliphatic hydroxyl groups is 1. The quantitative estimate of drug-likeness (QED) is 0.600. The van der Waals surface area contributed by atoms with Gasteiger partial charge in [-0.25, -0.2) is 4.39 Å². The second-order valence-corrected chi connectivity index (χ2v) is 7.39. The van der Waals surface area contributed by atoms with E-state index in [-0.39, 0.29) is 11.6 Å². The van der Waals surface area contributed by atoms with Crippen molar-refractivity contribution in [2.45, 2.75) is 12.5 Å². The molecule has 29 heavy (non-hydrogen) atoms. The van der Waals surface area contributed by atoms with Crippen molar-refractivity contribution in [3.63, 3.8) is 0 Å². The third-order valence-corrected chi connectivity index (χ3v) is 5.38. The van der Waals surface area contributed by atoms with Gasteiger partial charge in [0.15, 0.2) is 5.76 Å². The van der Waals surface area contributed by atoms with E-state index in [9.17, 15) is 14.3 Å². The third kappa shape index (κ3) is 3.89. The average Bonchev–Trinajstić information content (AvgIpc) is 2.99. The Labute approximate surface area is 173 Å². The Bertz CT molecular complexity index is 1050. The van der Waals surface area contributed by atoms with Gasteiger partial charge in [-0.05, 0) is 47.4 Å². The molecule has 0 aromatic heterocycles. The van der Waals surface area contributed by atoms with Crippen LogP contribution in [0.3, 0.4) is 0 Å². The number of hydrogen-bond donors (Lipinski definition) is 1. The third-order valence-electron chi connectivity index (χ3n) is 5.13. The van der Waals surface area contributed by atoms with Crippen molar-refractivity contribution in [3.05, 3.63) is 112 Å². The molecule has 1 N–H and O–H groups in total. The summed E-state index contributed by atoms with van der Waals surface area (Å²) in [5, 5.41) is 11.3. The molecule has 0 bridgehead atoms. The molecule has 0 spiro atoms. The number of nitrogens with zero attached hydrogens (tertiary/aromatic N) is 1. The van der Waals surface area contributed by atoms with E-state index < -0.39 is 11.9 Å². The molecule has 1 heterocycles. The van der Waals surface area contributed by atoms with Crippen LogP contribution in [0.25, 0.3) is 5.57 Å². The lowest BCUT2D eigenvalue weighted by atomic mass is 9.93. The molecule has 0 aliphatic carbocycles. The molecule has 1 atom stereocenters. The molecule has 146 valence electrons. The van der Waals surface area contributed by atoms with Gasteiger partial charge >= 0.3 is 0 Å². The largest absolute Gasteiger partial charge is 0.503 e. The molecule has 0 saturated carbocycles. The molecule has 1 aliphatic heterocycles. The van der Waals surface area contributed by atoms with E-state index in [2.05, 4.69) is 0 Å². The predicted octanol–water partition coefficient (Wildman–Crippen LogP) is 5.57. The molecule has 0 radical (unpaired) electrons. The van der Waals surface area contributed by atoms with Crippen LogP contribution in [0.15, 0.2) is 84.6 Å². The maximum atomic E-state index is 13.5. The van der Waals surface area contributed by atoms with Crippen LogP contribution in [-0.2, 0) is 11.2 Å². The van der Waals surface area contributed by atoms with Crippen molar-refractivity contribution >= 4 is 23.1 Å². The molecule has 0 saturated heterocycles. The van der Waals surface area contributed by atoms with E-state index in [0.717, 1.165) is 11.1 Å². The summed E-state index contributed by atoms with van der Waals surface area (Å²) in [7, 11) is 0. The highest BCUT2D eigenvalue weighted by Crippen LogP contribution is 2.43. The first-order valence-corrected chi connectivity index (χ1v) is 9.72. The highest BCUT2D eigenvalue weighted by Gasteiger charge is 2.40. The second-order valence-electron chi connectivity index (χ2n) is 6.96. The number of amides is 1. The Morgan fingerprint density at radius 1 is 0.931 bits per heavy atom. The molecule has 4 rings (SSSR count). The van der Waals surface area contributed by atoms with Gasteiger partial charge in [0, 0.05) is 17.1 Å². The number of aliphatic hydroxyl groups excluding tert-OH is 1. The van der Waals surface area contributed by atoms with Crippen LogP contribution in [0.5, 0.6) is 0 Å². The zero-order chi connectivity index (χ0) is 20.4. The summed E-state index contributed by atoms with van der Waals surface area (Å²) >= 11 is 6.00. The van der Waals surface area contributed by atoms with Gasteiger partial charge in [-0.2, -0.15) is 0 Å². The molecule has 1 aliphatic rings. The van der Waals surface area contributed by atoms with Gasteiger partial charge in [-0.3, -0.25) is 4.79 Å². The fraction of sp³-hybridized carbons (Fsp3) is 0.125. The van der Waals surface area contributed by atoms with Crippen molar-refractivity contribution in [3.8, 4) is 0 Å². The minimum absolute atomic E-state index is 0.283. The zero-order valence-electron chi connectivity index (χ0n) is 15.6. The molecule has 3 aromatic carbocycles. The molecule has 3 nitrogen and oxygen atoms in total. The number of benzene rings is 3. The molecule has 0 unspecified atom stereocenters. The number of hydrogen-bond acceptors (Lipinski definition) is 2. The van der Waals surface area contributed by atoms with Crippen LogP contribution in [0.4, 0.5) is 4.39 Å². The molecule has 0 fully saturated rings. The van der Waals surface area contributed by atoms with Crippen LogP contribution in [-0.4, -0.2) is 22.5 Å². The van der Waals surface area contributed by atoms with Crippen LogP contribution >= 0.6 is 11.6 Å². The second kappa shape index (κ2) is 8.10. The molecular weight excluding hydrogens is 389 g/mol. The Balaban J connectivity index is 1.73. The number of carbonyl (C=O) groups is 1. The van der Waals surface area contributed by atoms with Gasteiger partial charge in [0.05, 0.1) is 6.04 Å². The Morgan fingerprint density at radius 3 is 2.24 bits per heavy atom. The summed E-state index contributed by atoms with van der Waals surface area (Å²) in [6.07, 6.45) is 0.644. The maximum absolute atomic E-state index is 13.5. The van der Waals surface area contributed by atoms with Gasteiger partial charge in [-0.1, -0.05) is 66.2 Å². The summed E-state index contributed by atoms with van der Waals surface area (Å²) < 4.78 is 13.5. The van der Waals surface area contributed by atoms with Crippen molar-refractivity contribution in [1.82, 2.24) is 4.90 Å². The van der Waals surface area contributed by atoms with Crippen LogP contribution in [0.1, 0.15) is 22.7 Å². The van der Waals surface area contributed by atoms with E-state index in [1.807, 2.05) is 30.3 Å². The summed E-state index contributed by atoms with van der Waals surface area (Å²) in [5.41, 5.74) is 3.04. The van der Waals surface area contributed by atoms with Gasteiger partial charge < -0.3 is 10.0 Å². The van der Waals surface area contributed by atoms with Crippen LogP contribution in [0, 0.1) is 5.82 Å². The zero-order valence-corrected chi connectivity index (χ0v) is 16.3. The highest BCUT2D eigenvalue weighted by molar-refractivity contribution is 6.30. The van der Waals surface area contributed by atoms with E-state index in [1.165, 1.54) is 12.1 Å². The fourth-order valence-corrected chi connectivity index (χ4v) is 3.82. The Morgan fingerprint density at radius 2 is 1.59 bits per heavy atom. The van der Waals surface area contributed by atoms with Crippen molar-refractivity contribution in [2.75, 3.05) is 6.54 Å². The van der Waals surface area contributed by atoms with Crippen molar-refractivity contribution in [2.24, 2.45) is 0 Å². The summed E-state index contributed by atoms with van der Waals surface area (Å²) in [5.74, 6) is -1.06. The summed E-state index contributed by atoms with van der Waals surface area (Å²) in [4.78, 5) is 14.6. The lowest BCUT2D eigenvalue weighted by molar-refractivity contribution is -0.129. The maximum Gasteiger partial charge on any atom is 0.289 e. The van der Waals surface area contributed by atoms with Crippen LogP contribution < -0.4 is 0 Å². The standard InChI is InChI=1S/C24H19ClFNO2/c25-19-10-6-17(7-11-19)21-22(18-8-12-20(26)13-9-18)27(24(29)23(21)28)15-14-16-4-2-1-3-5-16/h1-13,22,28H,14-15H2/t22-/m1/s1. The Kier molecular flexibility index (Phi) is 5.36. The van der Waals surface area contributed by atoms with E-state index in [0.29, 0.717) is 29.1 Å². The average molecular weight is 408 g/mol. The number of carbonyl (C=O) groups excluding carboxylic acids is 1. The molecule has 1 amide bonds. The number of rotatable bonds is 5. The first-order valence-electron chi connectivity index (χ1n) is 9.34. The van der Waals surface area contributed by atoms with Crippen molar-refractivity contribution < 1.29 is 14.3 Å². The minimum Gasteiger partial charge on any atom is -0.503 e. The van der Waals surface area contributed by atoms with Gasteiger partial charge in [-0.15, -0.1) is 0 Å². The van der Waals surface area contributed by atoms with Gasteiger partial charge in [0.1, 0.15) is 5.82 Å².